The van der Waals surface area contributed by atoms with Gasteiger partial charge in [-0.25, -0.2) is 14.4 Å². The maximum absolute atomic E-state index is 15.4. The number of anilines is 2. The number of carbonyl (C=O) groups excluding carboxylic acids is 2. The molecule has 5 rings (SSSR count). The van der Waals surface area contributed by atoms with Gasteiger partial charge in [-0.15, -0.1) is 0 Å². The predicted octanol–water partition coefficient (Wildman–Crippen LogP) is 4.97. The maximum Gasteiger partial charge on any atom is 0.304 e. The molecule has 4 aromatic rings. The summed E-state index contributed by atoms with van der Waals surface area (Å²) in [7, 11) is 3.05. The van der Waals surface area contributed by atoms with Crippen molar-refractivity contribution in [1.29, 1.82) is 0 Å². The third kappa shape index (κ3) is 5.32. The second kappa shape index (κ2) is 10.9. The van der Waals surface area contributed by atoms with Crippen molar-refractivity contribution in [3.8, 4) is 22.4 Å². The second-order valence-corrected chi connectivity index (χ2v) is 10.5. The Balaban J connectivity index is 1.48. The first kappa shape index (κ1) is 27.1. The van der Waals surface area contributed by atoms with E-state index in [-0.39, 0.29) is 35.1 Å². The Morgan fingerprint density at radius 2 is 1.88 bits per heavy atom. The van der Waals surface area contributed by atoms with Crippen molar-refractivity contribution >= 4 is 40.1 Å². The van der Waals surface area contributed by atoms with Crippen molar-refractivity contribution in [1.82, 2.24) is 9.97 Å². The molecule has 204 valence electrons. The summed E-state index contributed by atoms with van der Waals surface area (Å²) in [5, 5.41) is 8.68. The van der Waals surface area contributed by atoms with Crippen LogP contribution >= 0.6 is 11.3 Å². The van der Waals surface area contributed by atoms with Gasteiger partial charge < -0.3 is 5.11 Å². The van der Waals surface area contributed by atoms with Gasteiger partial charge in [-0.2, -0.15) is 4.39 Å². The Bertz CT molecular complexity index is 1630. The number of hydrogen-bond acceptors (Lipinski definition) is 6. The molecule has 0 saturated heterocycles. The van der Waals surface area contributed by atoms with Crippen LogP contribution in [0.25, 0.3) is 22.4 Å². The molecule has 0 bridgehead atoms. The van der Waals surface area contributed by atoms with Gasteiger partial charge in [-0.05, 0) is 35.7 Å². The highest BCUT2D eigenvalue weighted by atomic mass is 32.1. The van der Waals surface area contributed by atoms with Crippen LogP contribution in [0, 0.1) is 16.9 Å². The third-order valence-corrected chi connectivity index (χ3v) is 7.73. The molecule has 0 radical (unpaired) electrons. The lowest BCUT2D eigenvalue weighted by Gasteiger charge is -2.21. The molecule has 1 N–H and O–H groups in total. The smallest absolute Gasteiger partial charge is 0.304 e. The first-order valence-electron chi connectivity index (χ1n) is 12.4. The summed E-state index contributed by atoms with van der Waals surface area (Å²) in [6.45, 7) is 0. The number of nitrogens with zero attached hydrogens (tertiary/aromatic N) is 4. The van der Waals surface area contributed by atoms with E-state index >= 15 is 4.39 Å². The third-order valence-electron chi connectivity index (χ3n) is 6.81. The number of carboxylic acid groups (broad SMARTS) is 1. The van der Waals surface area contributed by atoms with Crippen molar-refractivity contribution in [3.63, 3.8) is 0 Å². The van der Waals surface area contributed by atoms with Gasteiger partial charge in [-0.3, -0.25) is 24.2 Å². The van der Waals surface area contributed by atoms with Crippen molar-refractivity contribution in [2.75, 3.05) is 23.9 Å². The van der Waals surface area contributed by atoms with E-state index in [9.17, 15) is 23.9 Å². The van der Waals surface area contributed by atoms with E-state index in [2.05, 4.69) is 9.97 Å². The number of likely N-dealkylation sites (N-methyl/N-ethyl adjacent to an activating group) is 1. The van der Waals surface area contributed by atoms with Crippen molar-refractivity contribution in [2.24, 2.45) is 5.92 Å². The van der Waals surface area contributed by atoms with Crippen LogP contribution in [0.4, 0.5) is 19.7 Å². The van der Waals surface area contributed by atoms with Crippen molar-refractivity contribution in [3.05, 3.63) is 82.9 Å². The summed E-state index contributed by atoms with van der Waals surface area (Å²) >= 11 is 0.609. The van der Waals surface area contributed by atoms with Crippen LogP contribution in [0.2, 0.25) is 0 Å². The van der Waals surface area contributed by atoms with Gasteiger partial charge in [0.15, 0.2) is 5.13 Å². The lowest BCUT2D eigenvalue weighted by molar-refractivity contribution is -0.140. The van der Waals surface area contributed by atoms with Gasteiger partial charge in [0.1, 0.15) is 17.3 Å². The molecule has 1 aliphatic heterocycles. The topological polar surface area (TPSA) is 104 Å². The SMILES string of the molecule is CN(C(=O)C(CC(=O)O)Cc1ccccc1)c1nc(-c2cc(F)ccc2-c2cnc3c(c2)CC(=O)N3C)c(F)s1. The number of carboxylic acids is 1. The molecule has 40 heavy (non-hydrogen) atoms. The molecule has 0 saturated carbocycles. The summed E-state index contributed by atoms with van der Waals surface area (Å²) in [6.07, 6.45) is 1.49. The standard InChI is InChI=1S/C29H24F2N4O4S/c1-34-23(36)12-17-11-19(15-32-27(17)34)21-9-8-20(30)14-22(21)25-26(31)40-29(33-25)35(2)28(39)18(13-24(37)38)10-16-6-4-3-5-7-16/h3-9,11,14-15,18H,10,12-13H2,1-2H3,(H,37,38). The first-order valence-corrected chi connectivity index (χ1v) is 13.2. The van der Waals surface area contributed by atoms with E-state index < -0.39 is 35.2 Å². The molecule has 1 aliphatic rings. The number of benzene rings is 2. The molecule has 1 unspecified atom stereocenters. The molecule has 8 nitrogen and oxygen atoms in total. The van der Waals surface area contributed by atoms with Crippen molar-refractivity contribution in [2.45, 2.75) is 19.3 Å². The van der Waals surface area contributed by atoms with E-state index in [1.807, 2.05) is 6.07 Å². The van der Waals surface area contributed by atoms with Gasteiger partial charge >= 0.3 is 5.97 Å². The fourth-order valence-electron chi connectivity index (χ4n) is 4.77. The number of thiazole rings is 1. The Hall–Kier alpha value is -4.51. The van der Waals surface area contributed by atoms with Crippen LogP contribution in [-0.2, 0) is 27.2 Å². The van der Waals surface area contributed by atoms with E-state index in [0.717, 1.165) is 16.5 Å². The number of halogens is 2. The number of rotatable bonds is 8. The molecule has 3 heterocycles. The number of aromatic nitrogens is 2. The van der Waals surface area contributed by atoms with Gasteiger partial charge in [0.05, 0.1) is 18.8 Å². The number of amides is 2. The molecule has 2 aromatic heterocycles. The minimum Gasteiger partial charge on any atom is -0.481 e. The quantitative estimate of drug-likeness (QED) is 0.326. The molecule has 0 spiro atoms. The molecule has 0 fully saturated rings. The minimum absolute atomic E-state index is 0.00969. The number of pyridine rings is 1. The molecule has 0 aliphatic carbocycles. The lowest BCUT2D eigenvalue weighted by Crippen LogP contribution is -2.35. The fraction of sp³-hybridized carbons (Fsp3) is 0.207. The highest BCUT2D eigenvalue weighted by Gasteiger charge is 2.30. The summed E-state index contributed by atoms with van der Waals surface area (Å²) in [6, 6.07) is 14.7. The average Bonchev–Trinajstić information content (AvgIpc) is 3.46. The van der Waals surface area contributed by atoms with Crippen LogP contribution in [0.3, 0.4) is 0 Å². The summed E-state index contributed by atoms with van der Waals surface area (Å²) < 4.78 is 29.8. The summed E-state index contributed by atoms with van der Waals surface area (Å²) in [4.78, 5) is 48.3. The normalized spacial score (nSPS) is 13.3. The number of hydrogen-bond donors (Lipinski definition) is 1. The van der Waals surface area contributed by atoms with Crippen LogP contribution in [0.15, 0.2) is 60.8 Å². The largest absolute Gasteiger partial charge is 0.481 e. The van der Waals surface area contributed by atoms with Gasteiger partial charge in [-0.1, -0.05) is 47.7 Å². The Labute approximate surface area is 232 Å². The van der Waals surface area contributed by atoms with E-state index in [0.29, 0.717) is 33.8 Å². The fourth-order valence-corrected chi connectivity index (χ4v) is 5.55. The zero-order chi connectivity index (χ0) is 28.6. The first-order chi connectivity index (χ1) is 19.1. The Morgan fingerprint density at radius 3 is 2.60 bits per heavy atom. The molecular formula is C29H24F2N4O4S. The highest BCUT2D eigenvalue weighted by Crippen LogP contribution is 2.39. The average molecular weight is 563 g/mol. The van der Waals surface area contributed by atoms with Crippen molar-refractivity contribution < 1.29 is 28.3 Å². The van der Waals surface area contributed by atoms with Gasteiger partial charge in [0, 0.05) is 37.0 Å². The predicted molar refractivity (Wildman–Crippen MR) is 147 cm³/mol. The van der Waals surface area contributed by atoms with Crippen LogP contribution in [-0.4, -0.2) is 47.0 Å². The summed E-state index contributed by atoms with van der Waals surface area (Å²) in [5.41, 5.74) is 2.51. The Kier molecular flexibility index (Phi) is 7.40. The van der Waals surface area contributed by atoms with E-state index in [1.165, 1.54) is 30.3 Å². The van der Waals surface area contributed by atoms with Gasteiger partial charge in [0.25, 0.3) is 0 Å². The number of aliphatic carboxylic acids is 1. The van der Waals surface area contributed by atoms with Crippen LogP contribution in [0.1, 0.15) is 17.5 Å². The lowest BCUT2D eigenvalue weighted by atomic mass is 9.95. The Morgan fingerprint density at radius 1 is 1.12 bits per heavy atom. The molecule has 1 atom stereocenters. The zero-order valence-electron chi connectivity index (χ0n) is 21.6. The van der Waals surface area contributed by atoms with Crippen LogP contribution < -0.4 is 9.80 Å². The highest BCUT2D eigenvalue weighted by molar-refractivity contribution is 7.14. The molecule has 2 amide bonds. The van der Waals surface area contributed by atoms with Crippen LogP contribution in [0.5, 0.6) is 0 Å². The van der Waals surface area contributed by atoms with E-state index in [4.69, 9.17) is 0 Å². The number of carbonyl (C=O) groups is 3. The number of fused-ring (bicyclic) bond motifs is 1. The monoisotopic (exact) mass is 562 g/mol. The molecular weight excluding hydrogens is 538 g/mol. The molecule has 11 heteroatoms. The zero-order valence-corrected chi connectivity index (χ0v) is 22.4. The second-order valence-electron chi connectivity index (χ2n) is 9.53. The maximum atomic E-state index is 15.4. The summed E-state index contributed by atoms with van der Waals surface area (Å²) in [5.74, 6) is -2.73. The van der Waals surface area contributed by atoms with E-state index in [1.54, 1.807) is 37.4 Å². The minimum atomic E-state index is -1.13. The van der Waals surface area contributed by atoms with Gasteiger partial charge in [0.2, 0.25) is 16.9 Å². The molecule has 2 aromatic carbocycles.